The molecule has 0 aliphatic heterocycles. The summed E-state index contributed by atoms with van der Waals surface area (Å²) in [5.74, 6) is 2.18. The Morgan fingerprint density at radius 2 is 1.63 bits per heavy atom. The predicted molar refractivity (Wildman–Crippen MR) is 160 cm³/mol. The van der Waals surface area contributed by atoms with Crippen LogP contribution in [0.5, 0.6) is 5.75 Å². The van der Waals surface area contributed by atoms with Gasteiger partial charge in [-0.1, -0.05) is 67.9 Å². The average Bonchev–Trinajstić information content (AvgIpc) is 2.93. The Morgan fingerprint density at radius 1 is 1.00 bits per heavy atom. The summed E-state index contributed by atoms with van der Waals surface area (Å²) in [5.41, 5.74) is 4.31. The van der Waals surface area contributed by atoms with Crippen LogP contribution < -0.4 is 26.6 Å². The Hall–Kier alpha value is -2.16. The van der Waals surface area contributed by atoms with Crippen molar-refractivity contribution in [2.75, 3.05) is 11.9 Å². The molecule has 0 heterocycles. The minimum Gasteiger partial charge on any atom is -0.514 e. The van der Waals surface area contributed by atoms with Gasteiger partial charge in [0.05, 0.1) is 17.6 Å². The number of amides is 2. The van der Waals surface area contributed by atoms with Crippen LogP contribution in [0, 0.1) is 11.8 Å². The second-order valence-corrected chi connectivity index (χ2v) is 10.4. The molecule has 1 rings (SSSR count). The summed E-state index contributed by atoms with van der Waals surface area (Å²) in [6.07, 6.45) is -0.618. The fourth-order valence-electron chi connectivity index (χ4n) is 3.51. The van der Waals surface area contributed by atoms with Crippen molar-refractivity contribution in [3.8, 4) is 5.75 Å². The van der Waals surface area contributed by atoms with Gasteiger partial charge in [-0.05, 0) is 37.0 Å². The van der Waals surface area contributed by atoms with Crippen LogP contribution in [0.3, 0.4) is 0 Å². The normalized spacial score (nSPS) is 12.8. The van der Waals surface area contributed by atoms with Crippen LogP contribution in [0.15, 0.2) is 18.2 Å². The molecule has 0 aliphatic carbocycles. The second kappa shape index (κ2) is 23.3. The van der Waals surface area contributed by atoms with Crippen molar-refractivity contribution in [2.45, 2.75) is 106 Å². The van der Waals surface area contributed by atoms with Crippen LogP contribution in [-0.4, -0.2) is 59.6 Å². The molecule has 0 saturated carbocycles. The number of esters is 1. The maximum atomic E-state index is 13.4. The Bertz CT molecular complexity index is 994. The van der Waals surface area contributed by atoms with Crippen molar-refractivity contribution in [3.05, 3.63) is 29.2 Å². The molecule has 3 unspecified atom stereocenters. The van der Waals surface area contributed by atoms with E-state index >= 15 is 0 Å². The minimum atomic E-state index is -1.23. The Labute approximate surface area is 280 Å². The summed E-state index contributed by atoms with van der Waals surface area (Å²) in [4.78, 5) is 54.1. The van der Waals surface area contributed by atoms with Gasteiger partial charge in [-0.3, -0.25) is 14.4 Å². The average molecular weight is 686 g/mol. The zero-order valence-electron chi connectivity index (χ0n) is 26.9. The summed E-state index contributed by atoms with van der Waals surface area (Å²) in [7, 11) is 0. The molecular formula is C29H50N5O8Y-. The molecule has 3 atom stereocenters. The first-order valence-electron chi connectivity index (χ1n) is 14.4. The van der Waals surface area contributed by atoms with Gasteiger partial charge in [-0.25, -0.2) is 10.7 Å². The van der Waals surface area contributed by atoms with E-state index in [9.17, 15) is 24.3 Å². The van der Waals surface area contributed by atoms with Gasteiger partial charge in [0.2, 0.25) is 11.8 Å². The van der Waals surface area contributed by atoms with Crippen molar-refractivity contribution in [1.29, 1.82) is 0 Å². The van der Waals surface area contributed by atoms with Crippen molar-refractivity contribution in [1.82, 2.24) is 10.6 Å². The summed E-state index contributed by atoms with van der Waals surface area (Å²) in [6, 6.07) is 3.19. The predicted octanol–water partition coefficient (Wildman–Crippen LogP) is 3.67. The maximum Gasteiger partial charge on any atom is 0.344 e. The molecule has 243 valence electrons. The molecule has 2 amide bonds. The molecule has 1 aromatic carbocycles. The minimum absolute atomic E-state index is 0. The number of carbonyl (C=O) groups is 4. The van der Waals surface area contributed by atoms with Crippen LogP contribution in [0.1, 0.15) is 80.7 Å². The number of ether oxygens (including phenoxy) is 2. The number of carboxylic acids is 1. The number of nitrogens with two attached hydrogens (primary N) is 1. The second-order valence-electron chi connectivity index (χ2n) is 10.4. The Kier molecular flexibility index (Phi) is 23.2. The van der Waals surface area contributed by atoms with Gasteiger partial charge in [-0.2, -0.15) is 0 Å². The molecule has 14 heteroatoms. The third kappa shape index (κ3) is 17.1. The molecule has 1 radical (unpaired) electrons. The van der Waals surface area contributed by atoms with Crippen molar-refractivity contribution < 1.29 is 71.4 Å². The monoisotopic (exact) mass is 685 g/mol. The number of aliphatic carboxylic acids is 1. The van der Waals surface area contributed by atoms with Gasteiger partial charge in [0, 0.05) is 38.8 Å². The number of carbonyl (C=O) groups excluding carboxylic acids is 3. The quantitative estimate of drug-likeness (QED) is 0.0866. The molecule has 0 bridgehead atoms. The smallest absolute Gasteiger partial charge is 0.344 e. The number of nitrogens with one attached hydrogen (secondary N) is 3. The first kappa shape index (κ1) is 43.0. The standard InChI is InChI=1S/C27H44N5O8.C2H6.Y/c1-15(2)23(30-17(5)6)25(34)32-21(9-8-12-29-40-28)24(33)31-20-11-10-19(14-38-27(37)16(3)4)13-22(20)39-18(7)26(35)36;1-2;/h10-11,13,15-18,21,23,30H,8-9,12,14,28H2,1-7H3,(H,31,33)(H,32,34)(H,35,36);1-2H3;/q-1;;. The number of nitrogens with zero attached hydrogens (tertiary/aromatic N) is 1. The molecule has 1 aromatic rings. The van der Waals surface area contributed by atoms with Gasteiger partial charge in [0.25, 0.3) is 0 Å². The fourth-order valence-corrected chi connectivity index (χ4v) is 3.51. The number of benzene rings is 1. The maximum absolute atomic E-state index is 13.4. The molecule has 0 aromatic heterocycles. The van der Waals surface area contributed by atoms with Crippen molar-refractivity contribution >= 4 is 29.4 Å². The summed E-state index contributed by atoms with van der Waals surface area (Å²) < 4.78 is 10.8. The van der Waals surface area contributed by atoms with E-state index in [-0.39, 0.29) is 87.5 Å². The number of hydroxylamine groups is 1. The van der Waals surface area contributed by atoms with E-state index in [0.29, 0.717) is 12.0 Å². The van der Waals surface area contributed by atoms with E-state index < -0.39 is 36.0 Å². The molecule has 13 nitrogen and oxygen atoms in total. The van der Waals surface area contributed by atoms with Gasteiger partial charge < -0.3 is 40.9 Å². The third-order valence-corrected chi connectivity index (χ3v) is 5.72. The number of rotatable bonds is 18. The van der Waals surface area contributed by atoms with E-state index in [1.165, 1.54) is 19.1 Å². The SMILES string of the molecule is CC.CC(C)NC(C(=O)NC(CCC[N-]ON)C(=O)Nc1ccc(COC(=O)C(C)C)cc1OC(C)C(=O)O)C(C)C.[Y]. The van der Waals surface area contributed by atoms with E-state index in [2.05, 4.69) is 26.4 Å². The molecule has 43 heavy (non-hydrogen) atoms. The van der Waals surface area contributed by atoms with Crippen LogP contribution in [0.2, 0.25) is 0 Å². The Balaban J connectivity index is 0. The largest absolute Gasteiger partial charge is 0.514 e. The van der Waals surface area contributed by atoms with Crippen molar-refractivity contribution in [2.24, 2.45) is 17.7 Å². The molecule has 0 spiro atoms. The van der Waals surface area contributed by atoms with Crippen LogP contribution >= 0.6 is 0 Å². The third-order valence-electron chi connectivity index (χ3n) is 5.72. The van der Waals surface area contributed by atoms with Gasteiger partial charge in [0.1, 0.15) is 18.4 Å². The summed E-state index contributed by atoms with van der Waals surface area (Å²) in [5, 5.41) is 18.1. The van der Waals surface area contributed by atoms with E-state index in [1.54, 1.807) is 19.9 Å². The summed E-state index contributed by atoms with van der Waals surface area (Å²) >= 11 is 0. The van der Waals surface area contributed by atoms with Gasteiger partial charge >= 0.3 is 11.9 Å². The number of hydrogen-bond donors (Lipinski definition) is 5. The van der Waals surface area contributed by atoms with Crippen molar-refractivity contribution in [3.63, 3.8) is 0 Å². The molecule has 0 aliphatic rings. The molecule has 6 N–H and O–H groups in total. The first-order valence-corrected chi connectivity index (χ1v) is 14.4. The summed E-state index contributed by atoms with van der Waals surface area (Å²) in [6.45, 7) is 16.6. The number of carboxylic acid groups (broad SMARTS) is 1. The van der Waals surface area contributed by atoms with Crippen LogP contribution in [-0.2, 0) is 68.2 Å². The van der Waals surface area contributed by atoms with Crippen LogP contribution in [0.25, 0.3) is 5.48 Å². The molecule has 0 fully saturated rings. The van der Waals surface area contributed by atoms with Crippen LogP contribution in [0.4, 0.5) is 5.69 Å². The van der Waals surface area contributed by atoms with E-state index in [0.717, 1.165) is 0 Å². The topological polar surface area (TPSA) is 192 Å². The molecule has 0 saturated heterocycles. The van der Waals surface area contributed by atoms with E-state index in [1.807, 2.05) is 41.5 Å². The van der Waals surface area contributed by atoms with E-state index in [4.69, 9.17) is 15.4 Å². The number of anilines is 1. The van der Waals surface area contributed by atoms with Gasteiger partial charge in [0.15, 0.2) is 6.10 Å². The first-order chi connectivity index (χ1) is 19.8. The number of hydrogen-bond acceptors (Lipinski definition) is 9. The zero-order valence-corrected chi connectivity index (χ0v) is 29.8. The fraction of sp³-hybridized carbons (Fsp3) is 0.655. The molecular weight excluding hydrogens is 635 g/mol. The van der Waals surface area contributed by atoms with Gasteiger partial charge in [-0.15, -0.1) is 6.54 Å². The Morgan fingerprint density at radius 3 is 2.14 bits per heavy atom. The zero-order chi connectivity index (χ0) is 32.4.